The Labute approximate surface area is 613 Å². The molecule has 19 heteroatoms. The molecule has 0 spiro atoms. The van der Waals surface area contributed by atoms with Crippen molar-refractivity contribution in [3.63, 3.8) is 0 Å². The fraction of sp³-hybridized carbons (Fsp3) is 0.951. The van der Waals surface area contributed by atoms with Crippen LogP contribution in [0.4, 0.5) is 0 Å². The Kier molecular flexibility index (Phi) is 73.8. The number of ether oxygens (including phenoxy) is 4. The van der Waals surface area contributed by atoms with E-state index in [1.54, 1.807) is 0 Å². The average molecular weight is 1470 g/mol. The molecule has 0 amide bonds. The molecule has 0 bridgehead atoms. The van der Waals surface area contributed by atoms with E-state index >= 15 is 0 Å². The average Bonchev–Trinajstić information content (AvgIpc) is 0.945. The number of aliphatic hydroxyl groups excluding tert-OH is 1. The van der Waals surface area contributed by atoms with Gasteiger partial charge in [0.1, 0.15) is 19.3 Å². The molecule has 0 aliphatic carbocycles. The standard InChI is InChI=1S/C81H158O17P2/c1-5-9-13-17-21-25-28-31-34-36-38-40-43-46-49-52-56-60-64-68-81(86)98-77(72-92-79(84)66-62-58-54-50-47-44-42-39-37-35-32-29-26-22-18-14-10-6-2)74-96-100(89,90)94-70-75(82)69-93-99(87,88)95-73-76(71-91-78(83)65-61-57-53-24-20-16-12-8-4)97-80(85)67-63-59-55-51-48-45-41-33-30-27-23-19-15-11-7-3/h75-77,82H,5-74H2,1-4H3,(H,87,88)(H,89,90)/t75-,76+,77+/m0/s1. The minimum absolute atomic E-state index is 0.109. The second-order valence-corrected chi connectivity index (χ2v) is 32.1. The van der Waals surface area contributed by atoms with Crippen molar-refractivity contribution in [3.8, 4) is 0 Å². The van der Waals surface area contributed by atoms with Crippen LogP contribution in [0.3, 0.4) is 0 Å². The lowest BCUT2D eigenvalue weighted by Gasteiger charge is -2.21. The highest BCUT2D eigenvalue weighted by molar-refractivity contribution is 7.47. The third kappa shape index (κ3) is 74.3. The Balaban J connectivity index is 5.19. The minimum atomic E-state index is -4.96. The third-order valence-corrected chi connectivity index (χ3v) is 21.0. The first-order valence-electron chi connectivity index (χ1n) is 42.3. The van der Waals surface area contributed by atoms with E-state index in [0.717, 1.165) is 89.9 Å². The van der Waals surface area contributed by atoms with Gasteiger partial charge in [-0.1, -0.05) is 387 Å². The molecule has 3 N–H and O–H groups in total. The molecule has 0 heterocycles. The summed E-state index contributed by atoms with van der Waals surface area (Å²) in [7, 11) is -9.91. The second-order valence-electron chi connectivity index (χ2n) is 29.2. The number of phosphoric acid groups is 2. The maximum absolute atomic E-state index is 13.1. The van der Waals surface area contributed by atoms with Crippen LogP contribution in [0.25, 0.3) is 0 Å². The second kappa shape index (κ2) is 75.3. The van der Waals surface area contributed by atoms with E-state index in [-0.39, 0.29) is 25.7 Å². The summed E-state index contributed by atoms with van der Waals surface area (Å²) >= 11 is 0. The van der Waals surface area contributed by atoms with Gasteiger partial charge >= 0.3 is 39.5 Å². The normalized spacial score (nSPS) is 13.8. The van der Waals surface area contributed by atoms with Crippen LogP contribution in [0.5, 0.6) is 0 Å². The van der Waals surface area contributed by atoms with Crippen LogP contribution in [0.15, 0.2) is 0 Å². The fourth-order valence-corrected chi connectivity index (χ4v) is 14.2. The number of phosphoric ester groups is 2. The van der Waals surface area contributed by atoms with E-state index in [1.807, 2.05) is 0 Å². The highest BCUT2D eigenvalue weighted by Gasteiger charge is 2.30. The molecule has 0 aromatic carbocycles. The molecule has 0 fully saturated rings. The van der Waals surface area contributed by atoms with Gasteiger partial charge in [0.05, 0.1) is 26.4 Å². The summed E-state index contributed by atoms with van der Waals surface area (Å²) in [6.45, 7) is 5.00. The Bertz CT molecular complexity index is 1890. The molecule has 0 aliphatic rings. The van der Waals surface area contributed by atoms with Crippen molar-refractivity contribution in [1.29, 1.82) is 0 Å². The van der Waals surface area contributed by atoms with Crippen LogP contribution >= 0.6 is 15.6 Å². The maximum atomic E-state index is 13.1. The number of hydrogen-bond acceptors (Lipinski definition) is 15. The van der Waals surface area contributed by atoms with E-state index in [1.165, 1.54) is 270 Å². The summed E-state index contributed by atoms with van der Waals surface area (Å²) in [5, 5.41) is 10.6. The first-order chi connectivity index (χ1) is 48.7. The predicted molar refractivity (Wildman–Crippen MR) is 409 cm³/mol. The highest BCUT2D eigenvalue weighted by Crippen LogP contribution is 2.45. The molecule has 0 radical (unpaired) electrons. The number of esters is 4. The maximum Gasteiger partial charge on any atom is 0.472 e. The summed E-state index contributed by atoms with van der Waals surface area (Å²) in [6, 6.07) is 0. The van der Waals surface area contributed by atoms with Crippen LogP contribution in [-0.4, -0.2) is 96.7 Å². The number of aliphatic hydroxyl groups is 1. The zero-order chi connectivity index (χ0) is 73.2. The van der Waals surface area contributed by atoms with Crippen LogP contribution in [0.1, 0.15) is 439 Å². The lowest BCUT2D eigenvalue weighted by Crippen LogP contribution is -2.30. The lowest BCUT2D eigenvalue weighted by atomic mass is 10.0. The van der Waals surface area contributed by atoms with Gasteiger partial charge in [-0.25, -0.2) is 9.13 Å². The molecule has 0 saturated carbocycles. The predicted octanol–water partition coefficient (Wildman–Crippen LogP) is 24.6. The lowest BCUT2D eigenvalue weighted by molar-refractivity contribution is -0.161. The third-order valence-electron chi connectivity index (χ3n) is 19.1. The van der Waals surface area contributed by atoms with E-state index in [4.69, 9.17) is 37.0 Å². The summed E-state index contributed by atoms with van der Waals surface area (Å²) in [6.07, 6.45) is 68.1. The first-order valence-corrected chi connectivity index (χ1v) is 45.3. The van der Waals surface area contributed by atoms with Gasteiger partial charge in [-0.05, 0) is 25.7 Å². The monoisotopic (exact) mass is 1470 g/mol. The fourth-order valence-electron chi connectivity index (χ4n) is 12.6. The van der Waals surface area contributed by atoms with Crippen LogP contribution in [-0.2, 0) is 65.4 Å². The van der Waals surface area contributed by atoms with Gasteiger partial charge in [-0.2, -0.15) is 0 Å². The van der Waals surface area contributed by atoms with Gasteiger partial charge in [0.25, 0.3) is 0 Å². The molecule has 17 nitrogen and oxygen atoms in total. The van der Waals surface area contributed by atoms with Crippen molar-refractivity contribution in [3.05, 3.63) is 0 Å². The topological polar surface area (TPSA) is 237 Å². The van der Waals surface area contributed by atoms with Crippen molar-refractivity contribution >= 4 is 39.5 Å². The Hall–Kier alpha value is -1.94. The van der Waals surface area contributed by atoms with Gasteiger partial charge in [-0.3, -0.25) is 37.3 Å². The van der Waals surface area contributed by atoms with E-state index in [9.17, 15) is 43.2 Å². The van der Waals surface area contributed by atoms with Gasteiger partial charge in [-0.15, -0.1) is 0 Å². The molecule has 0 aliphatic heterocycles. The minimum Gasteiger partial charge on any atom is -0.462 e. The molecule has 594 valence electrons. The molecule has 0 saturated heterocycles. The Morgan fingerprint density at radius 2 is 0.400 bits per heavy atom. The van der Waals surface area contributed by atoms with Crippen LogP contribution < -0.4 is 0 Å². The molecule has 0 aromatic heterocycles. The number of carbonyl (C=O) groups excluding carboxylic acids is 4. The smallest absolute Gasteiger partial charge is 0.462 e. The number of hydrogen-bond donors (Lipinski definition) is 3. The number of carbonyl (C=O) groups is 4. The molecular weight excluding hydrogens is 1310 g/mol. The van der Waals surface area contributed by atoms with E-state index in [0.29, 0.717) is 25.7 Å². The largest absolute Gasteiger partial charge is 0.472 e. The zero-order valence-corrected chi connectivity index (χ0v) is 67.0. The Morgan fingerprint density at radius 1 is 0.240 bits per heavy atom. The summed E-state index contributed by atoms with van der Waals surface area (Å²) in [5.74, 6) is -2.11. The molecule has 0 aromatic rings. The van der Waals surface area contributed by atoms with Crippen molar-refractivity contribution in [1.82, 2.24) is 0 Å². The van der Waals surface area contributed by atoms with E-state index < -0.39 is 97.5 Å². The molecule has 100 heavy (non-hydrogen) atoms. The van der Waals surface area contributed by atoms with Crippen molar-refractivity contribution < 1.29 is 80.2 Å². The summed E-state index contributed by atoms with van der Waals surface area (Å²) in [4.78, 5) is 72.9. The first kappa shape index (κ1) is 98.1. The number of rotatable bonds is 82. The SMILES string of the molecule is CCCCCCCCCCCCCCCCCCCCCC(=O)O[C@H](COC(=O)CCCCCCCCCCCCCCCCCCCC)COP(=O)(O)OC[C@@H](O)COP(=O)(O)OC[C@@H](COC(=O)CCCCCCCCCC)OC(=O)CCCCCCCCCCCCCCCCC. The highest BCUT2D eigenvalue weighted by atomic mass is 31.2. The van der Waals surface area contributed by atoms with Gasteiger partial charge in [0.2, 0.25) is 0 Å². The van der Waals surface area contributed by atoms with Gasteiger partial charge < -0.3 is 33.8 Å². The van der Waals surface area contributed by atoms with Crippen molar-refractivity contribution in [2.24, 2.45) is 0 Å². The van der Waals surface area contributed by atoms with Crippen molar-refractivity contribution in [2.75, 3.05) is 39.6 Å². The van der Waals surface area contributed by atoms with Crippen molar-refractivity contribution in [2.45, 2.75) is 457 Å². The quantitative estimate of drug-likeness (QED) is 0.0222. The molecule has 5 atom stereocenters. The van der Waals surface area contributed by atoms with Gasteiger partial charge in [0, 0.05) is 25.7 Å². The van der Waals surface area contributed by atoms with E-state index in [2.05, 4.69) is 27.7 Å². The van der Waals surface area contributed by atoms with Crippen LogP contribution in [0.2, 0.25) is 0 Å². The van der Waals surface area contributed by atoms with Crippen LogP contribution in [0, 0.1) is 0 Å². The van der Waals surface area contributed by atoms with Gasteiger partial charge in [0.15, 0.2) is 12.2 Å². The summed E-state index contributed by atoms with van der Waals surface area (Å²) in [5.41, 5.74) is 0. The number of unbranched alkanes of at least 4 members (excludes halogenated alkanes) is 56. The molecule has 2 unspecified atom stereocenters. The summed E-state index contributed by atoms with van der Waals surface area (Å²) < 4.78 is 68.7. The zero-order valence-electron chi connectivity index (χ0n) is 65.2. The Morgan fingerprint density at radius 3 is 0.590 bits per heavy atom. The molecular formula is C81H158O17P2. The molecule has 0 rings (SSSR count).